The number of phenolic OH excluding ortho intramolecular Hbond substituents is 1. The molecule has 0 radical (unpaired) electrons. The Labute approximate surface area is 161 Å². The van der Waals surface area contributed by atoms with Gasteiger partial charge < -0.3 is 19.0 Å². The number of para-hydroxylation sites is 1. The molecule has 3 rings (SSSR count). The van der Waals surface area contributed by atoms with Crippen LogP contribution in [-0.4, -0.2) is 18.2 Å². The Kier molecular flexibility index (Phi) is 5.79. The van der Waals surface area contributed by atoms with Crippen LogP contribution in [0.2, 0.25) is 0 Å². The predicted molar refractivity (Wildman–Crippen MR) is 105 cm³/mol. The summed E-state index contributed by atoms with van der Waals surface area (Å²) < 4.78 is 15.6. The van der Waals surface area contributed by atoms with Crippen molar-refractivity contribution in [1.82, 2.24) is 0 Å². The van der Waals surface area contributed by atoms with Crippen LogP contribution < -0.4 is 10.4 Å². The average molecular weight is 380 g/mol. The summed E-state index contributed by atoms with van der Waals surface area (Å²) in [5, 5.41) is 10.6. The third-order valence-electron chi connectivity index (χ3n) is 4.32. The van der Waals surface area contributed by atoms with E-state index in [0.29, 0.717) is 28.7 Å². The Morgan fingerprint density at radius 1 is 1.18 bits per heavy atom. The van der Waals surface area contributed by atoms with E-state index in [4.69, 9.17) is 13.9 Å². The van der Waals surface area contributed by atoms with Crippen molar-refractivity contribution in [3.05, 3.63) is 75.7 Å². The number of carbonyl (C=O) groups excluding carboxylic acids is 1. The zero-order valence-electron chi connectivity index (χ0n) is 15.6. The highest BCUT2D eigenvalue weighted by molar-refractivity contribution is 5.88. The van der Waals surface area contributed by atoms with Crippen LogP contribution in [0.25, 0.3) is 17.0 Å². The van der Waals surface area contributed by atoms with Gasteiger partial charge in [-0.1, -0.05) is 25.1 Å². The number of aryl methyl sites for hydroxylation is 1. The summed E-state index contributed by atoms with van der Waals surface area (Å²) in [5.74, 6) is 0.152. The number of ether oxygens (including phenoxy) is 2. The minimum absolute atomic E-state index is 0.0621. The molecule has 0 spiro atoms. The second-order valence-corrected chi connectivity index (χ2v) is 6.10. The van der Waals surface area contributed by atoms with Gasteiger partial charge in [0.1, 0.15) is 23.7 Å². The smallest absolute Gasteiger partial charge is 0.336 e. The maximum Gasteiger partial charge on any atom is 0.336 e. The van der Waals surface area contributed by atoms with Crippen molar-refractivity contribution in [2.45, 2.75) is 20.0 Å². The number of hydrogen-bond donors (Lipinski definition) is 1. The molecule has 0 aliphatic carbocycles. The SMILES string of the molecule is CCc1cc2c(COC(=O)/C=C/c3ccccc3OC)cc(=O)oc2cc1O. The van der Waals surface area contributed by atoms with Gasteiger partial charge in [0.05, 0.1) is 7.11 Å². The van der Waals surface area contributed by atoms with Crippen LogP contribution >= 0.6 is 0 Å². The molecule has 0 amide bonds. The largest absolute Gasteiger partial charge is 0.508 e. The van der Waals surface area contributed by atoms with Crippen molar-refractivity contribution < 1.29 is 23.8 Å². The van der Waals surface area contributed by atoms with Gasteiger partial charge in [0.25, 0.3) is 0 Å². The summed E-state index contributed by atoms with van der Waals surface area (Å²) in [6, 6.07) is 11.7. The lowest BCUT2D eigenvalue weighted by Gasteiger charge is -2.09. The molecular formula is C22H20O6. The Morgan fingerprint density at radius 3 is 2.71 bits per heavy atom. The zero-order chi connectivity index (χ0) is 20.1. The van der Waals surface area contributed by atoms with Crippen molar-refractivity contribution in [2.75, 3.05) is 7.11 Å². The molecule has 1 aromatic heterocycles. The molecule has 3 aromatic rings. The van der Waals surface area contributed by atoms with Gasteiger partial charge in [0.15, 0.2) is 0 Å². The van der Waals surface area contributed by atoms with E-state index in [1.807, 2.05) is 25.1 Å². The maximum atomic E-state index is 12.1. The van der Waals surface area contributed by atoms with Gasteiger partial charge in [-0.15, -0.1) is 0 Å². The molecule has 0 fully saturated rings. The van der Waals surface area contributed by atoms with Gasteiger partial charge in [0, 0.05) is 34.7 Å². The number of aromatic hydroxyl groups is 1. The highest BCUT2D eigenvalue weighted by Gasteiger charge is 2.11. The molecule has 0 bridgehead atoms. The van der Waals surface area contributed by atoms with E-state index in [0.717, 1.165) is 5.56 Å². The number of benzene rings is 2. The first-order chi connectivity index (χ1) is 13.5. The fraction of sp³-hybridized carbons (Fsp3) is 0.182. The number of fused-ring (bicyclic) bond motifs is 1. The third kappa shape index (κ3) is 4.23. The minimum Gasteiger partial charge on any atom is -0.508 e. The minimum atomic E-state index is -0.577. The first-order valence-corrected chi connectivity index (χ1v) is 8.78. The summed E-state index contributed by atoms with van der Waals surface area (Å²) in [6.45, 7) is 1.81. The van der Waals surface area contributed by atoms with Gasteiger partial charge in [-0.2, -0.15) is 0 Å². The van der Waals surface area contributed by atoms with Crippen molar-refractivity contribution in [3.8, 4) is 11.5 Å². The van der Waals surface area contributed by atoms with Crippen LogP contribution in [0.1, 0.15) is 23.6 Å². The highest BCUT2D eigenvalue weighted by Crippen LogP contribution is 2.27. The third-order valence-corrected chi connectivity index (χ3v) is 4.32. The van der Waals surface area contributed by atoms with Gasteiger partial charge in [-0.3, -0.25) is 0 Å². The predicted octanol–water partition coefficient (Wildman–Crippen LogP) is 3.83. The molecule has 0 unspecified atom stereocenters. The van der Waals surface area contributed by atoms with E-state index in [1.54, 1.807) is 25.3 Å². The number of hydrogen-bond acceptors (Lipinski definition) is 6. The Hall–Kier alpha value is -3.54. The first-order valence-electron chi connectivity index (χ1n) is 8.78. The second kappa shape index (κ2) is 8.43. The van der Waals surface area contributed by atoms with Crippen LogP contribution in [0.4, 0.5) is 0 Å². The molecule has 0 aliphatic heterocycles. The summed E-state index contributed by atoms with van der Waals surface area (Å²) in [5.41, 5.74) is 1.64. The highest BCUT2D eigenvalue weighted by atomic mass is 16.5. The van der Waals surface area contributed by atoms with Gasteiger partial charge >= 0.3 is 11.6 Å². The number of rotatable bonds is 6. The molecular weight excluding hydrogens is 360 g/mol. The van der Waals surface area contributed by atoms with Crippen molar-refractivity contribution in [2.24, 2.45) is 0 Å². The summed E-state index contributed by atoms with van der Waals surface area (Å²) in [6.07, 6.45) is 3.52. The molecule has 0 atom stereocenters. The Bertz CT molecular complexity index is 1090. The Morgan fingerprint density at radius 2 is 1.96 bits per heavy atom. The molecule has 0 saturated heterocycles. The first kappa shape index (κ1) is 19.2. The fourth-order valence-corrected chi connectivity index (χ4v) is 2.87. The van der Waals surface area contributed by atoms with Crippen LogP contribution in [0.5, 0.6) is 11.5 Å². The van der Waals surface area contributed by atoms with Crippen LogP contribution in [-0.2, 0) is 22.6 Å². The van der Waals surface area contributed by atoms with Gasteiger partial charge in [-0.25, -0.2) is 9.59 Å². The quantitative estimate of drug-likeness (QED) is 0.397. The van der Waals surface area contributed by atoms with E-state index in [-0.39, 0.29) is 17.9 Å². The topological polar surface area (TPSA) is 86.0 Å². The molecule has 28 heavy (non-hydrogen) atoms. The lowest BCUT2D eigenvalue weighted by molar-refractivity contribution is -0.138. The number of methoxy groups -OCH3 is 1. The van der Waals surface area contributed by atoms with E-state index in [9.17, 15) is 14.7 Å². The van der Waals surface area contributed by atoms with Gasteiger partial charge in [0.2, 0.25) is 0 Å². The summed E-state index contributed by atoms with van der Waals surface area (Å²) >= 11 is 0. The average Bonchev–Trinajstić information content (AvgIpc) is 2.70. The number of carbonyl (C=O) groups is 1. The van der Waals surface area contributed by atoms with E-state index in [1.165, 1.54) is 18.2 Å². The van der Waals surface area contributed by atoms with E-state index >= 15 is 0 Å². The van der Waals surface area contributed by atoms with Crippen molar-refractivity contribution in [3.63, 3.8) is 0 Å². The lowest BCUT2D eigenvalue weighted by Crippen LogP contribution is -2.06. The molecule has 144 valence electrons. The van der Waals surface area contributed by atoms with Gasteiger partial charge in [-0.05, 0) is 30.2 Å². The Balaban J connectivity index is 1.80. The molecule has 1 heterocycles. The molecule has 0 saturated carbocycles. The molecule has 6 nitrogen and oxygen atoms in total. The van der Waals surface area contributed by atoms with Crippen LogP contribution in [0, 0.1) is 0 Å². The number of esters is 1. The van der Waals surface area contributed by atoms with Crippen molar-refractivity contribution >= 4 is 23.0 Å². The molecule has 1 N–H and O–H groups in total. The zero-order valence-corrected chi connectivity index (χ0v) is 15.6. The molecule has 6 heteroatoms. The normalized spacial score (nSPS) is 11.1. The van der Waals surface area contributed by atoms with E-state index < -0.39 is 11.6 Å². The van der Waals surface area contributed by atoms with Crippen LogP contribution in [0.15, 0.2) is 57.8 Å². The standard InChI is InChI=1S/C22H20O6/c1-3-14-10-17-16(11-22(25)28-20(17)12-18(14)23)13-27-21(24)9-8-15-6-4-5-7-19(15)26-2/h4-12,23H,3,13H2,1-2H3/b9-8+. The summed E-state index contributed by atoms with van der Waals surface area (Å²) in [7, 11) is 1.55. The molecule has 0 aliphatic rings. The lowest BCUT2D eigenvalue weighted by atomic mass is 10.0. The van der Waals surface area contributed by atoms with Crippen LogP contribution in [0.3, 0.4) is 0 Å². The second-order valence-electron chi connectivity index (χ2n) is 6.10. The fourth-order valence-electron chi connectivity index (χ4n) is 2.87. The number of phenols is 1. The molecule has 2 aromatic carbocycles. The maximum absolute atomic E-state index is 12.1. The van der Waals surface area contributed by atoms with E-state index in [2.05, 4.69) is 0 Å². The summed E-state index contributed by atoms with van der Waals surface area (Å²) in [4.78, 5) is 23.9. The van der Waals surface area contributed by atoms with Crippen molar-refractivity contribution in [1.29, 1.82) is 0 Å². The monoisotopic (exact) mass is 380 g/mol.